The number of rotatable bonds is 7. The van der Waals surface area contributed by atoms with Gasteiger partial charge in [0.25, 0.3) is 0 Å². The first-order valence-corrected chi connectivity index (χ1v) is 11.7. The minimum Gasteiger partial charge on any atom is -0.444 e. The third-order valence-electron chi connectivity index (χ3n) is 5.75. The Morgan fingerprint density at radius 3 is 3.09 bits per heavy atom. The van der Waals surface area contributed by atoms with Gasteiger partial charge in [0.2, 0.25) is 5.91 Å². The van der Waals surface area contributed by atoms with Crippen LogP contribution in [0.1, 0.15) is 18.4 Å². The molecule has 2 aliphatic rings. The molecule has 0 saturated carbocycles. The number of carbonyl (C=O) groups excluding carboxylic acids is 2. The molecule has 3 aromatic rings. The highest BCUT2D eigenvalue weighted by atomic mass is 32.2. The quantitative estimate of drug-likeness (QED) is 0.528. The van der Waals surface area contributed by atoms with Gasteiger partial charge in [-0.2, -0.15) is 0 Å². The minimum absolute atomic E-state index is 0.0193. The highest BCUT2D eigenvalue weighted by Crippen LogP contribution is 2.35. The van der Waals surface area contributed by atoms with E-state index in [1.54, 1.807) is 4.90 Å². The summed E-state index contributed by atoms with van der Waals surface area (Å²) in [5.74, 6) is 0.403. The Balaban J connectivity index is 1.11. The van der Waals surface area contributed by atoms with E-state index in [0.717, 1.165) is 47.6 Å². The molecule has 0 radical (unpaired) electrons. The molecule has 8 heteroatoms. The van der Waals surface area contributed by atoms with Crippen molar-refractivity contribution in [3.05, 3.63) is 60.4 Å². The summed E-state index contributed by atoms with van der Waals surface area (Å²) >= 11 is 1.51. The topological polar surface area (TPSA) is 83.6 Å². The standard InChI is InChI=1S/C24H24N4O3S/c29-23-15-32-22-7-6-18(11-21(22)27-23)28-14-19(31-24(28)30)5-2-9-25-12-16-3-1-4-17-13-26-10-8-20(16)17/h1,3-4,6-8,10-11,13,19,25H,2,5,9,12,14-15H2,(H,27,29)/t19-/m1/s1. The zero-order valence-corrected chi connectivity index (χ0v) is 18.4. The van der Waals surface area contributed by atoms with Crippen molar-refractivity contribution in [1.29, 1.82) is 0 Å². The molecule has 164 valence electrons. The average molecular weight is 449 g/mol. The molecule has 32 heavy (non-hydrogen) atoms. The number of cyclic esters (lactones) is 1. The molecular formula is C24H24N4O3S. The number of nitrogens with one attached hydrogen (secondary N) is 2. The van der Waals surface area contributed by atoms with Crippen LogP contribution in [-0.2, 0) is 16.1 Å². The first-order chi connectivity index (χ1) is 15.7. The molecule has 0 spiro atoms. The summed E-state index contributed by atoms with van der Waals surface area (Å²) in [7, 11) is 0. The van der Waals surface area contributed by atoms with Crippen LogP contribution in [0.3, 0.4) is 0 Å². The molecule has 1 saturated heterocycles. The monoisotopic (exact) mass is 448 g/mol. The van der Waals surface area contributed by atoms with E-state index in [4.69, 9.17) is 4.74 Å². The first kappa shape index (κ1) is 20.8. The Hall–Kier alpha value is -3.10. The van der Waals surface area contributed by atoms with E-state index < -0.39 is 0 Å². The van der Waals surface area contributed by atoms with Gasteiger partial charge in [0, 0.05) is 34.9 Å². The van der Waals surface area contributed by atoms with Gasteiger partial charge in [0.05, 0.1) is 18.0 Å². The Kier molecular flexibility index (Phi) is 5.96. The van der Waals surface area contributed by atoms with Crippen LogP contribution in [0.5, 0.6) is 0 Å². The van der Waals surface area contributed by atoms with Gasteiger partial charge in [-0.25, -0.2) is 4.79 Å². The zero-order valence-electron chi connectivity index (χ0n) is 17.5. The van der Waals surface area contributed by atoms with Crippen molar-refractivity contribution >= 4 is 45.9 Å². The number of pyridine rings is 1. The number of aromatic nitrogens is 1. The molecule has 5 rings (SSSR count). The fourth-order valence-electron chi connectivity index (χ4n) is 4.14. The lowest BCUT2D eigenvalue weighted by Crippen LogP contribution is -2.25. The number of benzene rings is 2. The third-order valence-corrected chi connectivity index (χ3v) is 6.82. The van der Waals surface area contributed by atoms with Gasteiger partial charge in [-0.05, 0) is 54.6 Å². The molecule has 2 aliphatic heterocycles. The van der Waals surface area contributed by atoms with E-state index in [-0.39, 0.29) is 18.1 Å². The number of fused-ring (bicyclic) bond motifs is 2. The van der Waals surface area contributed by atoms with Crippen molar-refractivity contribution in [2.45, 2.75) is 30.4 Å². The first-order valence-electron chi connectivity index (χ1n) is 10.7. The van der Waals surface area contributed by atoms with Crippen LogP contribution < -0.4 is 15.5 Å². The number of anilines is 2. The van der Waals surface area contributed by atoms with E-state index in [0.29, 0.717) is 12.3 Å². The molecule has 0 unspecified atom stereocenters. The van der Waals surface area contributed by atoms with Crippen LogP contribution in [0.2, 0.25) is 0 Å². The minimum atomic E-state index is -0.331. The van der Waals surface area contributed by atoms with Crippen molar-refractivity contribution in [2.24, 2.45) is 0 Å². The van der Waals surface area contributed by atoms with Gasteiger partial charge in [0.15, 0.2) is 0 Å². The highest BCUT2D eigenvalue weighted by molar-refractivity contribution is 8.00. The van der Waals surface area contributed by atoms with Gasteiger partial charge in [0.1, 0.15) is 6.10 Å². The molecule has 0 bridgehead atoms. The van der Waals surface area contributed by atoms with Crippen LogP contribution >= 0.6 is 11.8 Å². The number of amides is 2. The maximum absolute atomic E-state index is 12.4. The zero-order chi connectivity index (χ0) is 21.9. The summed E-state index contributed by atoms with van der Waals surface area (Å²) in [6, 6.07) is 14.0. The Bertz CT molecular complexity index is 1160. The molecule has 7 nitrogen and oxygen atoms in total. The van der Waals surface area contributed by atoms with E-state index in [9.17, 15) is 9.59 Å². The molecule has 2 amide bonds. The largest absolute Gasteiger partial charge is 0.444 e. The summed E-state index contributed by atoms with van der Waals surface area (Å²) < 4.78 is 5.58. The van der Waals surface area contributed by atoms with Gasteiger partial charge in [-0.3, -0.25) is 14.7 Å². The third kappa shape index (κ3) is 4.42. The second-order valence-electron chi connectivity index (χ2n) is 7.97. The molecule has 2 N–H and O–H groups in total. The molecule has 3 heterocycles. The maximum Gasteiger partial charge on any atom is 0.414 e. The van der Waals surface area contributed by atoms with E-state index >= 15 is 0 Å². The van der Waals surface area contributed by atoms with Crippen LogP contribution in [0.25, 0.3) is 10.8 Å². The SMILES string of the molecule is O=C1CSc2ccc(N3C[C@@H](CCCNCc4cccc5cnccc45)OC3=O)cc2N1. The summed E-state index contributed by atoms with van der Waals surface area (Å²) in [5.41, 5.74) is 2.76. The smallest absolute Gasteiger partial charge is 0.414 e. The van der Waals surface area contributed by atoms with E-state index in [1.165, 1.54) is 22.7 Å². The average Bonchev–Trinajstić information content (AvgIpc) is 3.18. The Morgan fingerprint density at radius 2 is 2.16 bits per heavy atom. The van der Waals surface area contributed by atoms with Gasteiger partial charge < -0.3 is 15.4 Å². The number of carbonyl (C=O) groups is 2. The van der Waals surface area contributed by atoms with Gasteiger partial charge in [-0.1, -0.05) is 18.2 Å². The predicted octanol–water partition coefficient (Wildman–Crippen LogP) is 4.17. The van der Waals surface area contributed by atoms with Crippen LogP contribution in [-0.4, -0.2) is 41.9 Å². The van der Waals surface area contributed by atoms with Crippen LogP contribution in [0.4, 0.5) is 16.2 Å². The second-order valence-corrected chi connectivity index (χ2v) is 8.98. The molecule has 1 atom stereocenters. The second kappa shape index (κ2) is 9.18. The number of hydrogen-bond acceptors (Lipinski definition) is 6. The van der Waals surface area contributed by atoms with Crippen LogP contribution in [0, 0.1) is 0 Å². The van der Waals surface area contributed by atoms with Crippen molar-refractivity contribution in [2.75, 3.05) is 29.1 Å². The lowest BCUT2D eigenvalue weighted by molar-refractivity contribution is -0.113. The summed E-state index contributed by atoms with van der Waals surface area (Å²) in [6.45, 7) is 2.16. The van der Waals surface area contributed by atoms with Gasteiger partial charge in [-0.15, -0.1) is 11.8 Å². The van der Waals surface area contributed by atoms with Crippen molar-refractivity contribution < 1.29 is 14.3 Å². The van der Waals surface area contributed by atoms with Crippen molar-refractivity contribution in [3.8, 4) is 0 Å². The van der Waals surface area contributed by atoms with E-state index in [2.05, 4.69) is 33.8 Å². The van der Waals surface area contributed by atoms with Gasteiger partial charge >= 0.3 is 6.09 Å². The van der Waals surface area contributed by atoms with Crippen molar-refractivity contribution in [3.63, 3.8) is 0 Å². The molecule has 2 aromatic carbocycles. The molecular weight excluding hydrogens is 424 g/mol. The number of nitrogens with zero attached hydrogens (tertiary/aromatic N) is 2. The Labute approximate surface area is 190 Å². The normalized spacial score (nSPS) is 17.9. The lowest BCUT2D eigenvalue weighted by atomic mass is 10.1. The molecule has 0 aliphatic carbocycles. The summed E-state index contributed by atoms with van der Waals surface area (Å²) in [6.07, 6.45) is 4.95. The Morgan fingerprint density at radius 1 is 1.22 bits per heavy atom. The summed E-state index contributed by atoms with van der Waals surface area (Å²) in [5, 5.41) is 8.73. The lowest BCUT2D eigenvalue weighted by Gasteiger charge is -2.20. The molecule has 1 aromatic heterocycles. The number of thioether (sulfide) groups is 1. The summed E-state index contributed by atoms with van der Waals surface area (Å²) in [4.78, 5) is 30.9. The highest BCUT2D eigenvalue weighted by Gasteiger charge is 2.32. The number of hydrogen-bond donors (Lipinski definition) is 2. The fraction of sp³-hybridized carbons (Fsp3) is 0.292. The van der Waals surface area contributed by atoms with Crippen LogP contribution in [0.15, 0.2) is 59.8 Å². The predicted molar refractivity (Wildman–Crippen MR) is 126 cm³/mol. The molecule has 1 fully saturated rings. The fourth-order valence-corrected chi connectivity index (χ4v) is 4.93. The maximum atomic E-state index is 12.4. The number of ether oxygens (including phenoxy) is 1. The van der Waals surface area contributed by atoms with E-state index in [1.807, 2.05) is 36.7 Å². The van der Waals surface area contributed by atoms with Crippen molar-refractivity contribution in [1.82, 2.24) is 10.3 Å².